The number of aryl methyl sites for hydroxylation is 1. The highest BCUT2D eigenvalue weighted by molar-refractivity contribution is 5.98. The highest BCUT2D eigenvalue weighted by atomic mass is 16.6. The molecule has 9 nitrogen and oxygen atoms in total. The second-order valence-corrected chi connectivity index (χ2v) is 9.84. The van der Waals surface area contributed by atoms with Gasteiger partial charge in [0.1, 0.15) is 6.04 Å². The first-order valence-electron chi connectivity index (χ1n) is 12.7. The van der Waals surface area contributed by atoms with Crippen LogP contribution in [0.3, 0.4) is 0 Å². The molecule has 1 aromatic rings. The molecule has 194 valence electrons. The predicted molar refractivity (Wildman–Crippen MR) is 135 cm³/mol. The van der Waals surface area contributed by atoms with Crippen molar-refractivity contribution >= 4 is 23.4 Å². The number of carbonyl (C=O) groups is 3. The third-order valence-corrected chi connectivity index (χ3v) is 6.64. The number of carbonyl (C=O) groups excluding carboxylic acids is 3. The molecule has 0 saturated carbocycles. The van der Waals surface area contributed by atoms with Crippen molar-refractivity contribution in [2.75, 3.05) is 19.6 Å². The molecule has 1 saturated heterocycles. The van der Waals surface area contributed by atoms with Crippen molar-refractivity contribution in [3.8, 4) is 0 Å². The quantitative estimate of drug-likeness (QED) is 0.286. The summed E-state index contributed by atoms with van der Waals surface area (Å²) in [6.07, 6.45) is 6.01. The smallest absolute Gasteiger partial charge is 0.273 e. The average molecular weight is 489 g/mol. The van der Waals surface area contributed by atoms with Crippen LogP contribution in [0.4, 0.5) is 5.69 Å². The van der Waals surface area contributed by atoms with Gasteiger partial charge in [0.15, 0.2) is 0 Å². The number of piperazine rings is 1. The lowest BCUT2D eigenvalue weighted by molar-refractivity contribution is -0.385. The Bertz CT molecular complexity index is 917. The Labute approximate surface area is 208 Å². The van der Waals surface area contributed by atoms with Gasteiger partial charge < -0.3 is 15.1 Å². The van der Waals surface area contributed by atoms with E-state index in [1.54, 1.807) is 11.8 Å². The van der Waals surface area contributed by atoms with Crippen molar-refractivity contribution in [1.82, 2.24) is 15.1 Å². The molecule has 1 fully saturated rings. The first-order valence-corrected chi connectivity index (χ1v) is 12.7. The van der Waals surface area contributed by atoms with Crippen molar-refractivity contribution in [2.45, 2.75) is 85.2 Å². The van der Waals surface area contributed by atoms with Crippen molar-refractivity contribution in [2.24, 2.45) is 5.92 Å². The zero-order valence-corrected chi connectivity index (χ0v) is 21.7. The maximum absolute atomic E-state index is 13.3. The number of nitro groups is 1. The van der Waals surface area contributed by atoms with Crippen molar-refractivity contribution < 1.29 is 19.3 Å². The zero-order valence-electron chi connectivity index (χ0n) is 21.7. The molecule has 0 spiro atoms. The summed E-state index contributed by atoms with van der Waals surface area (Å²) in [4.78, 5) is 53.1. The molecule has 1 heterocycles. The molecule has 1 aliphatic heterocycles. The molecule has 35 heavy (non-hydrogen) atoms. The molecule has 2 atom stereocenters. The van der Waals surface area contributed by atoms with E-state index in [0.29, 0.717) is 31.6 Å². The predicted octanol–water partition coefficient (Wildman–Crippen LogP) is 4.08. The van der Waals surface area contributed by atoms with Gasteiger partial charge in [0, 0.05) is 49.3 Å². The highest BCUT2D eigenvalue weighted by Gasteiger charge is 2.34. The van der Waals surface area contributed by atoms with Gasteiger partial charge in [-0.1, -0.05) is 52.5 Å². The van der Waals surface area contributed by atoms with Crippen LogP contribution in [0.25, 0.3) is 0 Å². The number of unbranched alkanes of at least 4 members (excludes halogenated alkanes) is 4. The lowest BCUT2D eigenvalue weighted by atomic mass is 10.0. The fraction of sp³-hybridized carbons (Fsp3) is 0.654. The summed E-state index contributed by atoms with van der Waals surface area (Å²) < 4.78 is 0. The summed E-state index contributed by atoms with van der Waals surface area (Å²) in [5, 5.41) is 14.0. The summed E-state index contributed by atoms with van der Waals surface area (Å²) in [6, 6.07) is 3.42. The van der Waals surface area contributed by atoms with Crippen molar-refractivity contribution in [3.05, 3.63) is 39.4 Å². The lowest BCUT2D eigenvalue weighted by Crippen LogP contribution is -2.59. The summed E-state index contributed by atoms with van der Waals surface area (Å²) >= 11 is 0. The topological polar surface area (TPSA) is 113 Å². The number of hydrogen-bond donors (Lipinski definition) is 1. The van der Waals surface area contributed by atoms with Gasteiger partial charge >= 0.3 is 0 Å². The van der Waals surface area contributed by atoms with E-state index in [-0.39, 0.29) is 35.0 Å². The van der Waals surface area contributed by atoms with E-state index < -0.39 is 16.9 Å². The van der Waals surface area contributed by atoms with Crippen molar-refractivity contribution in [3.63, 3.8) is 0 Å². The molecule has 1 N–H and O–H groups in total. The number of benzene rings is 1. The maximum atomic E-state index is 13.3. The van der Waals surface area contributed by atoms with Gasteiger partial charge in [0.05, 0.1) is 4.92 Å². The molecule has 2 unspecified atom stereocenters. The molecule has 1 aliphatic rings. The summed E-state index contributed by atoms with van der Waals surface area (Å²) in [5.41, 5.74) is 0.471. The van der Waals surface area contributed by atoms with Crippen LogP contribution in [0.2, 0.25) is 0 Å². The van der Waals surface area contributed by atoms with E-state index in [4.69, 9.17) is 0 Å². The van der Waals surface area contributed by atoms with Gasteiger partial charge in [0.25, 0.3) is 11.6 Å². The molecule has 1 aromatic carbocycles. The van der Waals surface area contributed by atoms with E-state index in [1.807, 2.05) is 25.7 Å². The number of amides is 3. The van der Waals surface area contributed by atoms with Crippen LogP contribution in [0.5, 0.6) is 0 Å². The first-order chi connectivity index (χ1) is 16.6. The van der Waals surface area contributed by atoms with Crippen LogP contribution in [-0.2, 0) is 9.59 Å². The van der Waals surface area contributed by atoms with Gasteiger partial charge in [0.2, 0.25) is 11.8 Å². The van der Waals surface area contributed by atoms with E-state index >= 15 is 0 Å². The molecular weight excluding hydrogens is 448 g/mol. The maximum Gasteiger partial charge on any atom is 0.273 e. The minimum absolute atomic E-state index is 0.0981. The number of nitrogens with zero attached hydrogens (tertiary/aromatic N) is 3. The third-order valence-electron chi connectivity index (χ3n) is 6.64. The molecule has 3 amide bonds. The Morgan fingerprint density at radius 2 is 1.83 bits per heavy atom. The van der Waals surface area contributed by atoms with E-state index in [2.05, 4.69) is 12.2 Å². The first kappa shape index (κ1) is 28.3. The average Bonchev–Trinajstić information content (AvgIpc) is 2.81. The highest BCUT2D eigenvalue weighted by Crippen LogP contribution is 2.20. The molecule has 0 radical (unpaired) electrons. The Hall–Kier alpha value is -2.97. The van der Waals surface area contributed by atoms with Crippen molar-refractivity contribution in [1.29, 1.82) is 0 Å². The van der Waals surface area contributed by atoms with Crippen LogP contribution in [0.15, 0.2) is 18.2 Å². The van der Waals surface area contributed by atoms with Gasteiger partial charge in [-0.15, -0.1) is 0 Å². The summed E-state index contributed by atoms with van der Waals surface area (Å²) in [6.45, 7) is 10.7. The number of nitro benzene ring substituents is 1. The fourth-order valence-electron chi connectivity index (χ4n) is 4.43. The summed E-state index contributed by atoms with van der Waals surface area (Å²) in [5.74, 6) is -0.765. The monoisotopic (exact) mass is 488 g/mol. The number of nitrogens with one attached hydrogen (secondary N) is 1. The SMILES string of the molecule is CCCCCCCC(=O)N1CCN(C(=O)C(NC(=O)c2ccc(C)c([N+](=O)[O-])c2)C(C)C)CC1C. The van der Waals surface area contributed by atoms with Crippen LogP contribution in [-0.4, -0.2) is 64.2 Å². The second kappa shape index (κ2) is 13.2. The van der Waals surface area contributed by atoms with Crippen LogP contribution >= 0.6 is 0 Å². The molecule has 9 heteroatoms. The van der Waals surface area contributed by atoms with Gasteiger partial charge in [-0.05, 0) is 32.3 Å². The molecule has 0 aromatic heterocycles. The zero-order chi connectivity index (χ0) is 26.1. The van der Waals surface area contributed by atoms with Crippen LogP contribution in [0.1, 0.15) is 82.1 Å². The Balaban J connectivity index is 1.99. The largest absolute Gasteiger partial charge is 0.340 e. The normalized spacial score (nSPS) is 16.8. The molecular formula is C26H40N4O5. The standard InChI is InChI=1S/C26H40N4O5/c1-6-7-8-9-10-11-23(31)29-15-14-28(17-20(29)5)26(33)24(18(2)3)27-25(32)21-13-12-19(4)22(16-21)30(34)35/h12-13,16,18,20,24H,6-11,14-15,17H2,1-5H3,(H,27,32). The third kappa shape index (κ3) is 7.77. The molecule has 0 bridgehead atoms. The molecule has 2 rings (SSSR count). The number of hydrogen-bond acceptors (Lipinski definition) is 5. The van der Waals surface area contributed by atoms with Gasteiger partial charge in [-0.25, -0.2) is 0 Å². The number of rotatable bonds is 11. The molecule has 0 aliphatic carbocycles. The Kier molecular flexibility index (Phi) is 10.7. The minimum Gasteiger partial charge on any atom is -0.340 e. The Morgan fingerprint density at radius 3 is 2.43 bits per heavy atom. The fourth-order valence-corrected chi connectivity index (χ4v) is 4.43. The van der Waals surface area contributed by atoms with Crippen LogP contribution in [0, 0.1) is 23.0 Å². The lowest BCUT2D eigenvalue weighted by Gasteiger charge is -2.41. The van der Waals surface area contributed by atoms with E-state index in [9.17, 15) is 24.5 Å². The minimum atomic E-state index is -0.768. The summed E-state index contributed by atoms with van der Waals surface area (Å²) in [7, 11) is 0. The van der Waals surface area contributed by atoms with E-state index in [1.165, 1.54) is 31.0 Å². The van der Waals surface area contributed by atoms with Gasteiger partial charge in [-0.2, -0.15) is 0 Å². The van der Waals surface area contributed by atoms with E-state index in [0.717, 1.165) is 19.3 Å². The van der Waals surface area contributed by atoms with Crippen LogP contribution < -0.4 is 5.32 Å². The second-order valence-electron chi connectivity index (χ2n) is 9.84. The Morgan fingerprint density at radius 1 is 1.14 bits per heavy atom. The van der Waals surface area contributed by atoms with Gasteiger partial charge in [-0.3, -0.25) is 24.5 Å².